The predicted molar refractivity (Wildman–Crippen MR) is 77.1 cm³/mol. The number of hydrogen-bond acceptors (Lipinski definition) is 5. The number of nitrogens with zero attached hydrogens (tertiary/aromatic N) is 3. The standard InChI is InChI=1S/C14H24N4O/c1-14(2,3)13-16-11(15)7-12(17-13)18(4)8-9-5-10(19)6-9/h7,9-10,19H,5-6,8H2,1-4H3,(H2,15,16,17). The molecule has 19 heavy (non-hydrogen) atoms. The van der Waals surface area contributed by atoms with Crippen molar-refractivity contribution in [1.29, 1.82) is 0 Å². The number of anilines is 2. The van der Waals surface area contributed by atoms with Crippen LogP contribution in [-0.4, -0.2) is 34.8 Å². The molecule has 5 nitrogen and oxygen atoms in total. The SMILES string of the molecule is CN(CC1CC(O)C1)c1cc(N)nc(C(C)(C)C)n1. The minimum absolute atomic E-state index is 0.112. The quantitative estimate of drug-likeness (QED) is 0.866. The summed E-state index contributed by atoms with van der Waals surface area (Å²) in [5.74, 6) is 2.69. The number of nitrogen functional groups attached to an aromatic ring is 1. The maximum absolute atomic E-state index is 9.33. The highest BCUT2D eigenvalue weighted by atomic mass is 16.3. The van der Waals surface area contributed by atoms with Crippen molar-refractivity contribution in [3.8, 4) is 0 Å². The van der Waals surface area contributed by atoms with Gasteiger partial charge in [0.2, 0.25) is 0 Å². The summed E-state index contributed by atoms with van der Waals surface area (Å²) in [5, 5.41) is 9.33. The molecule has 3 N–H and O–H groups in total. The number of rotatable bonds is 3. The van der Waals surface area contributed by atoms with Gasteiger partial charge in [0.05, 0.1) is 6.10 Å². The lowest BCUT2D eigenvalue weighted by molar-refractivity contribution is 0.0464. The zero-order valence-electron chi connectivity index (χ0n) is 12.2. The number of nitrogens with two attached hydrogens (primary N) is 1. The minimum atomic E-state index is -0.113. The second-order valence-corrected chi connectivity index (χ2v) is 6.60. The van der Waals surface area contributed by atoms with Crippen molar-refractivity contribution in [2.75, 3.05) is 24.2 Å². The van der Waals surface area contributed by atoms with E-state index in [9.17, 15) is 5.11 Å². The second-order valence-electron chi connectivity index (χ2n) is 6.60. The number of aromatic nitrogens is 2. The second kappa shape index (κ2) is 4.96. The van der Waals surface area contributed by atoms with Gasteiger partial charge < -0.3 is 15.7 Å². The summed E-state index contributed by atoms with van der Waals surface area (Å²) in [5.41, 5.74) is 5.76. The summed E-state index contributed by atoms with van der Waals surface area (Å²) in [6, 6.07) is 1.81. The van der Waals surface area contributed by atoms with Gasteiger partial charge in [-0.15, -0.1) is 0 Å². The summed E-state index contributed by atoms with van der Waals surface area (Å²) in [6.45, 7) is 7.13. The van der Waals surface area contributed by atoms with E-state index in [0.717, 1.165) is 31.0 Å². The Morgan fingerprint density at radius 2 is 2.00 bits per heavy atom. The normalized spacial score (nSPS) is 23.0. The summed E-state index contributed by atoms with van der Waals surface area (Å²) in [7, 11) is 2.01. The van der Waals surface area contributed by atoms with E-state index in [1.54, 1.807) is 0 Å². The Balaban J connectivity index is 2.12. The lowest BCUT2D eigenvalue weighted by Crippen LogP contribution is -2.37. The van der Waals surface area contributed by atoms with E-state index in [1.165, 1.54) is 0 Å². The van der Waals surface area contributed by atoms with Crippen molar-refractivity contribution in [1.82, 2.24) is 9.97 Å². The monoisotopic (exact) mass is 264 g/mol. The molecule has 1 saturated carbocycles. The van der Waals surface area contributed by atoms with Crippen LogP contribution in [0.3, 0.4) is 0 Å². The maximum Gasteiger partial charge on any atom is 0.138 e. The average molecular weight is 264 g/mol. The van der Waals surface area contributed by atoms with Crippen LogP contribution in [0.2, 0.25) is 0 Å². The topological polar surface area (TPSA) is 75.3 Å². The average Bonchev–Trinajstić information content (AvgIpc) is 2.24. The van der Waals surface area contributed by atoms with E-state index in [-0.39, 0.29) is 11.5 Å². The van der Waals surface area contributed by atoms with E-state index in [2.05, 4.69) is 35.6 Å². The van der Waals surface area contributed by atoms with Crippen molar-refractivity contribution >= 4 is 11.6 Å². The molecule has 1 aliphatic rings. The Bertz CT molecular complexity index is 449. The summed E-state index contributed by atoms with van der Waals surface area (Å²) >= 11 is 0. The van der Waals surface area contributed by atoms with Crippen LogP contribution in [0.4, 0.5) is 11.6 Å². The summed E-state index contributed by atoms with van der Waals surface area (Å²) < 4.78 is 0. The fourth-order valence-corrected chi connectivity index (χ4v) is 2.31. The van der Waals surface area contributed by atoms with Crippen molar-refractivity contribution in [3.63, 3.8) is 0 Å². The molecule has 0 atom stereocenters. The smallest absolute Gasteiger partial charge is 0.138 e. The lowest BCUT2D eigenvalue weighted by atomic mass is 9.82. The first-order chi connectivity index (χ1) is 8.75. The van der Waals surface area contributed by atoms with Gasteiger partial charge in [-0.3, -0.25) is 0 Å². The fraction of sp³-hybridized carbons (Fsp3) is 0.714. The van der Waals surface area contributed by atoms with E-state index in [1.807, 2.05) is 13.1 Å². The third-order valence-corrected chi connectivity index (χ3v) is 3.54. The van der Waals surface area contributed by atoms with Crippen molar-refractivity contribution < 1.29 is 5.11 Å². The zero-order chi connectivity index (χ0) is 14.2. The molecule has 0 bridgehead atoms. The highest BCUT2D eigenvalue weighted by Crippen LogP contribution is 2.29. The van der Waals surface area contributed by atoms with Crippen molar-refractivity contribution in [3.05, 3.63) is 11.9 Å². The summed E-state index contributed by atoms with van der Waals surface area (Å²) in [6.07, 6.45) is 1.66. The number of aliphatic hydroxyl groups excluding tert-OH is 1. The molecule has 0 amide bonds. The van der Waals surface area contributed by atoms with E-state index in [4.69, 9.17) is 5.73 Å². The molecule has 1 aromatic heterocycles. The molecule has 1 aromatic rings. The van der Waals surface area contributed by atoms with Crippen LogP contribution in [0.25, 0.3) is 0 Å². The van der Waals surface area contributed by atoms with Gasteiger partial charge in [-0.2, -0.15) is 0 Å². The molecular weight excluding hydrogens is 240 g/mol. The van der Waals surface area contributed by atoms with Crippen LogP contribution in [0, 0.1) is 5.92 Å². The third-order valence-electron chi connectivity index (χ3n) is 3.54. The van der Waals surface area contributed by atoms with Crippen LogP contribution in [0.5, 0.6) is 0 Å². The Kier molecular flexibility index (Phi) is 3.67. The Labute approximate surface area is 114 Å². The first-order valence-electron chi connectivity index (χ1n) is 6.80. The molecule has 106 valence electrons. The molecule has 0 aromatic carbocycles. The first-order valence-corrected chi connectivity index (χ1v) is 6.80. The largest absolute Gasteiger partial charge is 0.393 e. The highest BCUT2D eigenvalue weighted by Gasteiger charge is 2.28. The maximum atomic E-state index is 9.33. The van der Waals surface area contributed by atoms with Gasteiger partial charge in [0.15, 0.2) is 0 Å². The molecular formula is C14H24N4O. The van der Waals surface area contributed by atoms with Gasteiger partial charge in [-0.05, 0) is 18.8 Å². The molecule has 0 spiro atoms. The molecule has 0 unspecified atom stereocenters. The molecule has 0 radical (unpaired) electrons. The van der Waals surface area contributed by atoms with Crippen LogP contribution in [-0.2, 0) is 5.41 Å². The van der Waals surface area contributed by atoms with Crippen LogP contribution >= 0.6 is 0 Å². The van der Waals surface area contributed by atoms with Crippen LogP contribution < -0.4 is 10.6 Å². The number of aliphatic hydroxyl groups is 1. The Morgan fingerprint density at radius 3 is 2.53 bits per heavy atom. The molecule has 0 saturated heterocycles. The third kappa shape index (κ3) is 3.35. The highest BCUT2D eigenvalue weighted by molar-refractivity contribution is 5.47. The van der Waals surface area contributed by atoms with Crippen molar-refractivity contribution in [2.24, 2.45) is 5.92 Å². The van der Waals surface area contributed by atoms with Gasteiger partial charge in [-0.25, -0.2) is 9.97 Å². The molecule has 1 fully saturated rings. The van der Waals surface area contributed by atoms with E-state index < -0.39 is 0 Å². The van der Waals surface area contributed by atoms with Gasteiger partial charge in [0, 0.05) is 25.1 Å². The molecule has 5 heteroatoms. The lowest BCUT2D eigenvalue weighted by Gasteiger charge is -2.35. The van der Waals surface area contributed by atoms with E-state index in [0.29, 0.717) is 11.7 Å². The molecule has 1 aliphatic carbocycles. The first kappa shape index (κ1) is 14.1. The predicted octanol–water partition coefficient (Wildman–Crippen LogP) is 1.56. The van der Waals surface area contributed by atoms with Gasteiger partial charge in [-0.1, -0.05) is 20.8 Å². The van der Waals surface area contributed by atoms with Gasteiger partial charge in [0.25, 0.3) is 0 Å². The van der Waals surface area contributed by atoms with Crippen molar-refractivity contribution in [2.45, 2.75) is 45.1 Å². The van der Waals surface area contributed by atoms with Gasteiger partial charge >= 0.3 is 0 Å². The molecule has 0 aliphatic heterocycles. The minimum Gasteiger partial charge on any atom is -0.393 e. The van der Waals surface area contributed by atoms with E-state index >= 15 is 0 Å². The Hall–Kier alpha value is -1.36. The fourth-order valence-electron chi connectivity index (χ4n) is 2.31. The van der Waals surface area contributed by atoms with Crippen LogP contribution in [0.15, 0.2) is 6.07 Å². The summed E-state index contributed by atoms with van der Waals surface area (Å²) in [4.78, 5) is 11.0. The van der Waals surface area contributed by atoms with Crippen LogP contribution in [0.1, 0.15) is 39.4 Å². The zero-order valence-corrected chi connectivity index (χ0v) is 12.2. The molecule has 2 rings (SSSR count). The van der Waals surface area contributed by atoms with Gasteiger partial charge in [0.1, 0.15) is 17.5 Å². The molecule has 1 heterocycles. The number of hydrogen-bond donors (Lipinski definition) is 2. The Morgan fingerprint density at radius 1 is 1.37 bits per heavy atom.